The van der Waals surface area contributed by atoms with E-state index in [0.717, 1.165) is 26.2 Å². The van der Waals surface area contributed by atoms with Crippen LogP contribution >= 0.6 is 0 Å². The van der Waals surface area contributed by atoms with Gasteiger partial charge in [0, 0.05) is 63.7 Å². The van der Waals surface area contributed by atoms with E-state index >= 15 is 0 Å². The van der Waals surface area contributed by atoms with Crippen molar-refractivity contribution >= 4 is 23.2 Å². The van der Waals surface area contributed by atoms with E-state index in [-0.39, 0.29) is 11.8 Å². The Hall–Kier alpha value is -3.02. The summed E-state index contributed by atoms with van der Waals surface area (Å²) >= 11 is 0. The van der Waals surface area contributed by atoms with E-state index in [4.69, 9.17) is 0 Å². The number of amides is 2. The van der Waals surface area contributed by atoms with Crippen molar-refractivity contribution < 1.29 is 9.59 Å². The van der Waals surface area contributed by atoms with E-state index in [2.05, 4.69) is 73.9 Å². The van der Waals surface area contributed by atoms with Gasteiger partial charge in [-0.1, -0.05) is 24.3 Å². The van der Waals surface area contributed by atoms with Gasteiger partial charge in [0.05, 0.1) is 0 Å². The van der Waals surface area contributed by atoms with Gasteiger partial charge in [-0.3, -0.25) is 9.59 Å². The van der Waals surface area contributed by atoms with E-state index in [1.807, 2.05) is 0 Å². The Morgan fingerprint density at radius 3 is 1.25 bits per heavy atom. The molecule has 2 fully saturated rings. The maximum Gasteiger partial charge on any atom is 0.312 e. The Morgan fingerprint density at radius 2 is 0.906 bits per heavy atom. The molecule has 6 heteroatoms. The van der Waals surface area contributed by atoms with Crippen LogP contribution in [0.1, 0.15) is 22.3 Å². The molecule has 2 aromatic rings. The highest BCUT2D eigenvalue weighted by Gasteiger charge is 2.32. The monoisotopic (exact) mass is 434 g/mol. The number of carbonyl (C=O) groups is 2. The van der Waals surface area contributed by atoms with Gasteiger partial charge in [-0.05, 0) is 62.1 Å². The van der Waals surface area contributed by atoms with Gasteiger partial charge >= 0.3 is 11.8 Å². The van der Waals surface area contributed by atoms with Crippen molar-refractivity contribution in [1.82, 2.24) is 9.80 Å². The second-order valence-electron chi connectivity index (χ2n) is 9.00. The first kappa shape index (κ1) is 22.2. The van der Waals surface area contributed by atoms with Crippen molar-refractivity contribution in [1.29, 1.82) is 0 Å². The Labute approximate surface area is 191 Å². The van der Waals surface area contributed by atoms with Gasteiger partial charge in [-0.15, -0.1) is 0 Å². The fourth-order valence-corrected chi connectivity index (χ4v) is 4.73. The first-order chi connectivity index (χ1) is 15.4. The number of carbonyl (C=O) groups excluding carboxylic acids is 2. The van der Waals surface area contributed by atoms with Crippen LogP contribution in [0.2, 0.25) is 0 Å². The molecule has 0 saturated carbocycles. The first-order valence-electron chi connectivity index (χ1n) is 11.6. The molecule has 0 bridgehead atoms. The van der Waals surface area contributed by atoms with Crippen LogP contribution in [0, 0.1) is 27.7 Å². The smallest absolute Gasteiger partial charge is 0.312 e. The highest BCUT2D eigenvalue weighted by atomic mass is 16.2. The number of hydrogen-bond acceptors (Lipinski definition) is 4. The quantitative estimate of drug-likeness (QED) is 0.682. The lowest BCUT2D eigenvalue weighted by Crippen LogP contribution is -2.56. The molecule has 2 aliphatic heterocycles. The molecular weight excluding hydrogens is 400 g/mol. The van der Waals surface area contributed by atoms with Gasteiger partial charge in [0.15, 0.2) is 0 Å². The van der Waals surface area contributed by atoms with Gasteiger partial charge in [-0.25, -0.2) is 0 Å². The van der Waals surface area contributed by atoms with Crippen LogP contribution in [-0.2, 0) is 9.59 Å². The second kappa shape index (κ2) is 9.23. The fourth-order valence-electron chi connectivity index (χ4n) is 4.73. The van der Waals surface area contributed by atoms with E-state index in [9.17, 15) is 9.59 Å². The minimum Gasteiger partial charge on any atom is -0.368 e. The van der Waals surface area contributed by atoms with Crippen LogP contribution in [0.3, 0.4) is 0 Å². The maximum absolute atomic E-state index is 12.9. The van der Waals surface area contributed by atoms with Crippen LogP contribution < -0.4 is 9.80 Å². The molecule has 2 amide bonds. The third kappa shape index (κ3) is 4.31. The molecule has 2 heterocycles. The summed E-state index contributed by atoms with van der Waals surface area (Å²) in [5, 5.41) is 0. The van der Waals surface area contributed by atoms with Crippen molar-refractivity contribution in [2.45, 2.75) is 27.7 Å². The van der Waals surface area contributed by atoms with Crippen molar-refractivity contribution in [2.75, 3.05) is 62.2 Å². The molecule has 0 aliphatic carbocycles. The van der Waals surface area contributed by atoms with E-state index in [0.29, 0.717) is 26.2 Å². The van der Waals surface area contributed by atoms with Gasteiger partial charge in [-0.2, -0.15) is 0 Å². The van der Waals surface area contributed by atoms with Crippen LogP contribution in [0.15, 0.2) is 36.4 Å². The van der Waals surface area contributed by atoms with Gasteiger partial charge < -0.3 is 19.6 Å². The zero-order valence-corrected chi connectivity index (χ0v) is 19.7. The average Bonchev–Trinajstić information content (AvgIpc) is 2.82. The van der Waals surface area contributed by atoms with Crippen molar-refractivity contribution in [2.24, 2.45) is 0 Å². The first-order valence-corrected chi connectivity index (χ1v) is 11.6. The molecule has 0 unspecified atom stereocenters. The SMILES string of the molecule is Cc1cccc(N2CCN(C(=O)C(=O)N3CCN(c4cccc(C)c4C)CC3)CC2)c1C. The van der Waals surface area contributed by atoms with Gasteiger partial charge in [0.25, 0.3) is 0 Å². The predicted molar refractivity (Wildman–Crippen MR) is 129 cm³/mol. The molecule has 0 radical (unpaired) electrons. The average molecular weight is 435 g/mol. The van der Waals surface area contributed by atoms with Crippen LogP contribution in [0.25, 0.3) is 0 Å². The standard InChI is InChI=1S/C26H34N4O2/c1-19-7-5-9-23(21(19)3)27-11-15-29(16-12-27)25(31)26(32)30-17-13-28(14-18-30)24-10-6-8-20(2)22(24)4/h5-10H,11-18H2,1-4H3. The van der Waals surface area contributed by atoms with E-state index < -0.39 is 0 Å². The number of rotatable bonds is 2. The van der Waals surface area contributed by atoms with Crippen LogP contribution in [-0.4, -0.2) is 74.0 Å². The summed E-state index contributed by atoms with van der Waals surface area (Å²) in [7, 11) is 0. The zero-order chi connectivity index (χ0) is 22.8. The Kier molecular flexibility index (Phi) is 6.40. The van der Waals surface area contributed by atoms with E-state index in [1.54, 1.807) is 9.80 Å². The Morgan fingerprint density at radius 1 is 0.562 bits per heavy atom. The molecule has 6 nitrogen and oxygen atoms in total. The molecular formula is C26H34N4O2. The summed E-state index contributed by atoms with van der Waals surface area (Å²) < 4.78 is 0. The summed E-state index contributed by atoms with van der Waals surface area (Å²) in [5.74, 6) is -0.711. The van der Waals surface area contributed by atoms with E-state index in [1.165, 1.54) is 33.6 Å². The highest BCUT2D eigenvalue weighted by Crippen LogP contribution is 2.25. The highest BCUT2D eigenvalue weighted by molar-refractivity contribution is 6.35. The molecule has 0 spiro atoms. The van der Waals surface area contributed by atoms with Gasteiger partial charge in [0.1, 0.15) is 0 Å². The van der Waals surface area contributed by atoms with Crippen LogP contribution in [0.5, 0.6) is 0 Å². The third-order valence-corrected chi connectivity index (χ3v) is 7.15. The number of nitrogens with zero attached hydrogens (tertiary/aromatic N) is 4. The summed E-state index contributed by atoms with van der Waals surface area (Å²) in [4.78, 5) is 33.9. The molecule has 170 valence electrons. The summed E-state index contributed by atoms with van der Waals surface area (Å²) in [6.07, 6.45) is 0. The maximum atomic E-state index is 12.9. The number of piperazine rings is 2. The number of anilines is 2. The number of benzene rings is 2. The minimum atomic E-state index is -0.356. The van der Waals surface area contributed by atoms with Crippen LogP contribution in [0.4, 0.5) is 11.4 Å². The molecule has 32 heavy (non-hydrogen) atoms. The Balaban J connectivity index is 1.32. The topological polar surface area (TPSA) is 47.1 Å². The number of hydrogen-bond donors (Lipinski definition) is 0. The normalized spacial score (nSPS) is 17.0. The lowest BCUT2D eigenvalue weighted by molar-refractivity contribution is -0.152. The molecule has 0 atom stereocenters. The largest absolute Gasteiger partial charge is 0.368 e. The lowest BCUT2D eigenvalue weighted by Gasteiger charge is -2.39. The van der Waals surface area contributed by atoms with Crippen molar-refractivity contribution in [3.05, 3.63) is 58.7 Å². The summed E-state index contributed by atoms with van der Waals surface area (Å²) in [6, 6.07) is 12.7. The molecule has 0 aromatic heterocycles. The molecule has 2 aromatic carbocycles. The van der Waals surface area contributed by atoms with Crippen molar-refractivity contribution in [3.8, 4) is 0 Å². The molecule has 0 N–H and O–H groups in total. The second-order valence-corrected chi connectivity index (χ2v) is 9.00. The fraction of sp³-hybridized carbons (Fsp3) is 0.462. The summed E-state index contributed by atoms with van der Waals surface area (Å²) in [6.45, 7) is 13.9. The van der Waals surface area contributed by atoms with Gasteiger partial charge in [0.2, 0.25) is 0 Å². The molecule has 2 aliphatic rings. The molecule has 4 rings (SSSR count). The van der Waals surface area contributed by atoms with Crippen molar-refractivity contribution in [3.63, 3.8) is 0 Å². The zero-order valence-electron chi connectivity index (χ0n) is 19.7. The Bertz CT molecular complexity index is 921. The predicted octanol–water partition coefficient (Wildman–Crippen LogP) is 2.92. The lowest BCUT2D eigenvalue weighted by atomic mass is 10.1. The molecule has 2 saturated heterocycles. The minimum absolute atomic E-state index is 0.356. The number of aryl methyl sites for hydroxylation is 2. The summed E-state index contributed by atoms with van der Waals surface area (Å²) in [5.41, 5.74) is 7.57. The third-order valence-electron chi connectivity index (χ3n) is 7.15.